The molecule has 3 nitrogen and oxygen atoms in total. The number of nitrogens with zero attached hydrogens (tertiary/aromatic N) is 2. The number of hydrogen-bond acceptors (Lipinski definition) is 4. The molecular weight excluding hydrogens is 276 g/mol. The molecule has 1 amide bonds. The molecule has 0 N–H and O–H groups in total. The maximum absolute atomic E-state index is 12.2. The van der Waals surface area contributed by atoms with Crippen LogP contribution in [0.4, 0.5) is 0 Å². The molecule has 1 saturated heterocycles. The molecule has 0 spiro atoms. The van der Waals surface area contributed by atoms with Crippen LogP contribution in [0.2, 0.25) is 0 Å². The highest BCUT2D eigenvalue weighted by atomic mass is 32.2. The van der Waals surface area contributed by atoms with Crippen LogP contribution in [-0.4, -0.2) is 21.5 Å². The van der Waals surface area contributed by atoms with Crippen LogP contribution in [0.15, 0.2) is 41.4 Å². The van der Waals surface area contributed by atoms with Crippen LogP contribution in [0, 0.1) is 0 Å². The second-order valence-electron chi connectivity index (χ2n) is 4.41. The molecule has 3 heterocycles. The monoisotopic (exact) mass is 290 g/mol. The maximum atomic E-state index is 12.2. The van der Waals surface area contributed by atoms with E-state index in [1.807, 2.05) is 28.8 Å². The number of carbonyl (C=O) groups is 1. The lowest BCUT2D eigenvalue weighted by Crippen LogP contribution is -2.36. The van der Waals surface area contributed by atoms with E-state index < -0.39 is 0 Å². The minimum Gasteiger partial charge on any atom is -0.322 e. The average molecular weight is 290 g/mol. The summed E-state index contributed by atoms with van der Waals surface area (Å²) >= 11 is 3.53. The summed E-state index contributed by atoms with van der Waals surface area (Å²) in [5.74, 6) is 1.15. The van der Waals surface area contributed by atoms with Crippen molar-refractivity contribution in [2.24, 2.45) is 0 Å². The van der Waals surface area contributed by atoms with Gasteiger partial charge in [0.1, 0.15) is 5.37 Å². The molecule has 0 aromatic carbocycles. The van der Waals surface area contributed by atoms with Crippen LogP contribution in [0.1, 0.15) is 22.9 Å². The molecule has 3 rings (SSSR count). The van der Waals surface area contributed by atoms with Crippen LogP contribution in [-0.2, 0) is 11.3 Å². The first-order chi connectivity index (χ1) is 9.34. The Morgan fingerprint density at radius 2 is 2.16 bits per heavy atom. The number of hydrogen-bond donors (Lipinski definition) is 0. The minimum atomic E-state index is 0.153. The van der Waals surface area contributed by atoms with Crippen molar-refractivity contribution in [3.63, 3.8) is 0 Å². The Morgan fingerprint density at radius 1 is 1.32 bits per heavy atom. The zero-order chi connectivity index (χ0) is 13.1. The molecule has 0 bridgehead atoms. The topological polar surface area (TPSA) is 33.2 Å². The molecule has 1 unspecified atom stereocenters. The van der Waals surface area contributed by atoms with Gasteiger partial charge in [-0.3, -0.25) is 9.78 Å². The van der Waals surface area contributed by atoms with Gasteiger partial charge in [0.05, 0.1) is 0 Å². The summed E-state index contributed by atoms with van der Waals surface area (Å²) in [7, 11) is 0. The highest BCUT2D eigenvalue weighted by Gasteiger charge is 2.29. The number of carbonyl (C=O) groups excluding carboxylic acids is 1. The third-order valence-corrected chi connectivity index (χ3v) is 5.11. The van der Waals surface area contributed by atoms with Gasteiger partial charge in [0, 0.05) is 31.1 Å². The summed E-state index contributed by atoms with van der Waals surface area (Å²) < 4.78 is 0. The summed E-state index contributed by atoms with van der Waals surface area (Å²) in [5.41, 5.74) is 2.36. The molecule has 5 heteroatoms. The molecule has 1 aliphatic rings. The molecule has 2 aromatic heterocycles. The van der Waals surface area contributed by atoms with E-state index >= 15 is 0 Å². The van der Waals surface area contributed by atoms with E-state index in [0.29, 0.717) is 13.0 Å². The second kappa shape index (κ2) is 5.75. The minimum absolute atomic E-state index is 0.153. The Balaban J connectivity index is 1.84. The Morgan fingerprint density at radius 3 is 2.89 bits per heavy atom. The van der Waals surface area contributed by atoms with E-state index in [2.05, 4.69) is 21.8 Å². The fraction of sp³-hybridized carbons (Fsp3) is 0.286. The number of thioether (sulfide) groups is 1. The van der Waals surface area contributed by atoms with Crippen molar-refractivity contribution >= 4 is 29.0 Å². The zero-order valence-corrected chi connectivity index (χ0v) is 12.0. The van der Waals surface area contributed by atoms with Gasteiger partial charge in [0.2, 0.25) is 5.91 Å². The van der Waals surface area contributed by atoms with E-state index in [1.54, 1.807) is 23.7 Å². The van der Waals surface area contributed by atoms with Crippen molar-refractivity contribution in [1.82, 2.24) is 9.88 Å². The summed E-state index contributed by atoms with van der Waals surface area (Å²) in [6.45, 7) is 0.662. The first kappa shape index (κ1) is 12.7. The predicted molar refractivity (Wildman–Crippen MR) is 78.9 cm³/mol. The molecule has 1 fully saturated rings. The van der Waals surface area contributed by atoms with Gasteiger partial charge in [-0.25, -0.2) is 0 Å². The van der Waals surface area contributed by atoms with E-state index in [0.717, 1.165) is 11.3 Å². The smallest absolute Gasteiger partial charge is 0.224 e. The third-order valence-electron chi connectivity index (χ3n) is 3.13. The van der Waals surface area contributed by atoms with Gasteiger partial charge < -0.3 is 4.90 Å². The number of rotatable bonds is 3. The molecule has 0 radical (unpaired) electrons. The third kappa shape index (κ3) is 2.82. The van der Waals surface area contributed by atoms with Gasteiger partial charge >= 0.3 is 0 Å². The van der Waals surface area contributed by atoms with E-state index in [1.165, 1.54) is 5.56 Å². The van der Waals surface area contributed by atoms with Crippen LogP contribution in [0.3, 0.4) is 0 Å². The van der Waals surface area contributed by atoms with Crippen molar-refractivity contribution in [3.8, 4) is 0 Å². The predicted octanol–water partition coefficient (Wildman–Crippen LogP) is 3.31. The molecule has 0 aliphatic carbocycles. The lowest BCUT2D eigenvalue weighted by Gasteiger charge is -2.35. The fourth-order valence-corrected chi connectivity index (χ4v) is 4.16. The van der Waals surface area contributed by atoms with E-state index in [9.17, 15) is 4.79 Å². The number of pyridine rings is 1. The Labute approximate surface area is 120 Å². The van der Waals surface area contributed by atoms with Crippen LogP contribution in [0.5, 0.6) is 0 Å². The van der Waals surface area contributed by atoms with Crippen molar-refractivity contribution in [1.29, 1.82) is 0 Å². The highest BCUT2D eigenvalue weighted by Crippen LogP contribution is 2.38. The number of thiophene rings is 1. The summed E-state index contributed by atoms with van der Waals surface area (Å²) in [6, 6.07) is 6.05. The quantitative estimate of drug-likeness (QED) is 0.869. The van der Waals surface area contributed by atoms with Crippen molar-refractivity contribution in [3.05, 3.63) is 52.5 Å². The molecule has 2 aromatic rings. The number of amides is 1. The molecule has 98 valence electrons. The summed E-state index contributed by atoms with van der Waals surface area (Å²) in [5, 5.41) is 4.36. The van der Waals surface area contributed by atoms with Crippen LogP contribution in [0.25, 0.3) is 0 Å². The molecule has 1 aliphatic heterocycles. The van der Waals surface area contributed by atoms with Gasteiger partial charge in [-0.2, -0.15) is 11.3 Å². The summed E-state index contributed by atoms with van der Waals surface area (Å²) in [6.07, 6.45) is 4.18. The normalized spacial score (nSPS) is 19.7. The Bertz CT molecular complexity index is 542. The largest absolute Gasteiger partial charge is 0.322 e. The zero-order valence-electron chi connectivity index (χ0n) is 10.4. The van der Waals surface area contributed by atoms with Crippen LogP contribution < -0.4 is 0 Å². The van der Waals surface area contributed by atoms with E-state index in [-0.39, 0.29) is 11.3 Å². The number of aromatic nitrogens is 1. The van der Waals surface area contributed by atoms with Crippen molar-refractivity contribution < 1.29 is 4.79 Å². The van der Waals surface area contributed by atoms with E-state index in [4.69, 9.17) is 0 Å². The lowest BCUT2D eigenvalue weighted by atomic mass is 10.2. The van der Waals surface area contributed by atoms with Crippen molar-refractivity contribution in [2.45, 2.75) is 18.3 Å². The van der Waals surface area contributed by atoms with Gasteiger partial charge in [0.15, 0.2) is 0 Å². The Kier molecular flexibility index (Phi) is 3.84. The Hall–Kier alpha value is -1.33. The highest BCUT2D eigenvalue weighted by molar-refractivity contribution is 7.99. The summed E-state index contributed by atoms with van der Waals surface area (Å²) in [4.78, 5) is 18.2. The van der Waals surface area contributed by atoms with Gasteiger partial charge in [0.25, 0.3) is 0 Å². The lowest BCUT2D eigenvalue weighted by molar-refractivity contribution is -0.132. The maximum Gasteiger partial charge on any atom is 0.224 e. The van der Waals surface area contributed by atoms with Gasteiger partial charge in [-0.15, -0.1) is 11.8 Å². The first-order valence-electron chi connectivity index (χ1n) is 6.16. The van der Waals surface area contributed by atoms with Crippen LogP contribution >= 0.6 is 23.1 Å². The second-order valence-corrected chi connectivity index (χ2v) is 6.38. The SMILES string of the molecule is O=C1CCSC(c2ccsc2)N1Cc1ccncc1. The van der Waals surface area contributed by atoms with Gasteiger partial charge in [-0.1, -0.05) is 0 Å². The molecule has 1 atom stereocenters. The molecule has 0 saturated carbocycles. The standard InChI is InChI=1S/C14H14N2OS2/c17-13-4-8-19-14(12-3-7-18-10-12)16(13)9-11-1-5-15-6-2-11/h1-3,5-7,10,14H,4,8-9H2. The van der Waals surface area contributed by atoms with Crippen molar-refractivity contribution in [2.75, 3.05) is 5.75 Å². The average Bonchev–Trinajstić information content (AvgIpc) is 2.96. The first-order valence-corrected chi connectivity index (χ1v) is 8.16. The molecular formula is C14H14N2OS2. The molecule has 19 heavy (non-hydrogen) atoms. The van der Waals surface area contributed by atoms with Gasteiger partial charge in [-0.05, 0) is 40.1 Å². The fourth-order valence-electron chi connectivity index (χ4n) is 2.17.